The van der Waals surface area contributed by atoms with Crippen molar-refractivity contribution in [2.24, 2.45) is 5.41 Å². The van der Waals surface area contributed by atoms with E-state index in [4.69, 9.17) is 4.52 Å². The number of aliphatic hydroxyl groups is 1. The Morgan fingerprint density at radius 2 is 2.26 bits per heavy atom. The first-order chi connectivity index (χ1) is 13.0. The predicted octanol–water partition coefficient (Wildman–Crippen LogP) is 2.25. The van der Waals surface area contributed by atoms with Crippen LogP contribution in [-0.4, -0.2) is 58.3 Å². The molecule has 2 aromatic heterocycles. The molecule has 0 saturated carbocycles. The third kappa shape index (κ3) is 4.16. The van der Waals surface area contributed by atoms with Gasteiger partial charge >= 0.3 is 0 Å². The Bertz CT molecular complexity index is 768. The Hall–Kier alpha value is -1.93. The number of aliphatic hydroxyl groups excluding tert-OH is 1. The quantitative estimate of drug-likeness (QED) is 0.862. The molecule has 0 radical (unpaired) electrons. The van der Waals surface area contributed by atoms with E-state index >= 15 is 0 Å². The maximum Gasteiger partial charge on any atom is 0.266 e. The summed E-state index contributed by atoms with van der Waals surface area (Å²) < 4.78 is 5.08. The molecule has 2 aliphatic rings. The van der Waals surface area contributed by atoms with E-state index in [1.54, 1.807) is 18.3 Å². The average molecular weight is 391 g/mol. The fourth-order valence-electron chi connectivity index (χ4n) is 4.35. The molecule has 0 aromatic carbocycles. The van der Waals surface area contributed by atoms with Crippen LogP contribution in [0.1, 0.15) is 37.1 Å². The van der Waals surface area contributed by atoms with Crippen LogP contribution in [0.25, 0.3) is 0 Å². The van der Waals surface area contributed by atoms with Crippen LogP contribution < -0.4 is 4.90 Å². The van der Waals surface area contributed by atoms with E-state index < -0.39 is 6.10 Å². The molecule has 1 N–H and O–H groups in total. The third-order valence-corrected chi connectivity index (χ3v) is 6.54. The summed E-state index contributed by atoms with van der Waals surface area (Å²) in [6.07, 6.45) is 3.45. The zero-order valence-corrected chi connectivity index (χ0v) is 16.5. The van der Waals surface area contributed by atoms with Crippen LogP contribution >= 0.6 is 11.3 Å². The Morgan fingerprint density at radius 1 is 1.44 bits per heavy atom. The number of anilines is 1. The van der Waals surface area contributed by atoms with Crippen LogP contribution in [0.4, 0.5) is 5.95 Å². The van der Waals surface area contributed by atoms with E-state index in [0.717, 1.165) is 45.3 Å². The maximum absolute atomic E-state index is 12.7. The number of aromatic nitrogens is 2. The van der Waals surface area contributed by atoms with Gasteiger partial charge < -0.3 is 19.4 Å². The van der Waals surface area contributed by atoms with Gasteiger partial charge in [-0.1, -0.05) is 0 Å². The number of β-amino-alcohol motifs (C(OH)–C–C–N with tert-alkyl or cyclic N) is 1. The lowest BCUT2D eigenvalue weighted by molar-refractivity contribution is -0.139. The third-order valence-electron chi connectivity index (χ3n) is 5.81. The van der Waals surface area contributed by atoms with Gasteiger partial charge in [-0.15, -0.1) is 0 Å². The number of carbonyl (C=O) groups excluding carboxylic acids is 1. The minimum Gasteiger partial charge on any atom is -0.391 e. The van der Waals surface area contributed by atoms with Crippen molar-refractivity contribution in [1.82, 2.24) is 15.0 Å². The number of hydrogen-bond donors (Lipinski definition) is 1. The second-order valence-corrected chi connectivity index (χ2v) is 8.64. The highest BCUT2D eigenvalue weighted by Crippen LogP contribution is 2.40. The zero-order chi connectivity index (χ0) is 18.9. The lowest BCUT2D eigenvalue weighted by Crippen LogP contribution is -2.55. The number of aryl methyl sites for hydroxylation is 2. The first-order valence-electron chi connectivity index (χ1n) is 9.55. The SMILES string of the molecule is Cc1nc(N2CCC3(CC2)CC(O)CN(C(=O)CCc2ccsc2)C3)no1. The summed E-state index contributed by atoms with van der Waals surface area (Å²) in [5.74, 6) is 1.36. The molecule has 27 heavy (non-hydrogen) atoms. The van der Waals surface area contributed by atoms with E-state index in [1.165, 1.54) is 5.56 Å². The number of rotatable bonds is 4. The van der Waals surface area contributed by atoms with Gasteiger partial charge in [0, 0.05) is 39.5 Å². The second-order valence-electron chi connectivity index (χ2n) is 7.86. The molecule has 7 nitrogen and oxygen atoms in total. The largest absolute Gasteiger partial charge is 0.391 e. The minimum atomic E-state index is -0.442. The van der Waals surface area contributed by atoms with Gasteiger partial charge in [0.15, 0.2) is 0 Å². The Morgan fingerprint density at radius 3 is 2.93 bits per heavy atom. The summed E-state index contributed by atoms with van der Waals surface area (Å²) in [6.45, 7) is 4.63. The molecule has 4 rings (SSSR count). The fraction of sp³-hybridized carbons (Fsp3) is 0.632. The first-order valence-corrected chi connectivity index (χ1v) is 10.5. The molecule has 2 fully saturated rings. The molecule has 4 heterocycles. The van der Waals surface area contributed by atoms with Crippen LogP contribution in [0.2, 0.25) is 0 Å². The van der Waals surface area contributed by atoms with Crippen molar-refractivity contribution in [3.63, 3.8) is 0 Å². The predicted molar refractivity (Wildman–Crippen MR) is 103 cm³/mol. The van der Waals surface area contributed by atoms with E-state index in [0.29, 0.717) is 24.8 Å². The topological polar surface area (TPSA) is 82.7 Å². The molecule has 146 valence electrons. The Labute approximate surface area is 163 Å². The molecule has 2 aromatic rings. The number of thiophene rings is 1. The summed E-state index contributed by atoms with van der Waals surface area (Å²) in [6, 6.07) is 2.07. The van der Waals surface area contributed by atoms with Crippen molar-refractivity contribution in [3.8, 4) is 0 Å². The smallest absolute Gasteiger partial charge is 0.266 e. The number of likely N-dealkylation sites (tertiary alicyclic amines) is 1. The highest BCUT2D eigenvalue weighted by atomic mass is 32.1. The van der Waals surface area contributed by atoms with E-state index in [9.17, 15) is 9.90 Å². The van der Waals surface area contributed by atoms with Crippen molar-refractivity contribution in [3.05, 3.63) is 28.3 Å². The fourth-order valence-corrected chi connectivity index (χ4v) is 5.05. The molecule has 8 heteroatoms. The van der Waals surface area contributed by atoms with Crippen LogP contribution in [0.3, 0.4) is 0 Å². The normalized spacial score (nSPS) is 22.4. The average Bonchev–Trinajstić information content (AvgIpc) is 3.31. The lowest BCUT2D eigenvalue weighted by Gasteiger charge is -2.49. The summed E-state index contributed by atoms with van der Waals surface area (Å²) in [7, 11) is 0. The molecular weight excluding hydrogens is 364 g/mol. The lowest BCUT2D eigenvalue weighted by atomic mass is 9.71. The van der Waals surface area contributed by atoms with Crippen molar-refractivity contribution in [2.75, 3.05) is 31.1 Å². The molecule has 2 aliphatic heterocycles. The number of amides is 1. The molecule has 1 amide bonds. The van der Waals surface area contributed by atoms with Gasteiger partial charge in [0.2, 0.25) is 11.8 Å². The first kappa shape index (κ1) is 18.4. The van der Waals surface area contributed by atoms with Crippen molar-refractivity contribution < 1.29 is 14.4 Å². The van der Waals surface area contributed by atoms with Crippen molar-refractivity contribution in [1.29, 1.82) is 0 Å². The van der Waals surface area contributed by atoms with E-state index in [-0.39, 0.29) is 11.3 Å². The van der Waals surface area contributed by atoms with Gasteiger partial charge in [-0.05, 0) is 58.6 Å². The molecule has 1 atom stereocenters. The number of nitrogens with zero attached hydrogens (tertiary/aromatic N) is 4. The van der Waals surface area contributed by atoms with Crippen LogP contribution in [0.15, 0.2) is 21.3 Å². The Balaban J connectivity index is 1.36. The monoisotopic (exact) mass is 390 g/mol. The van der Waals surface area contributed by atoms with Crippen LogP contribution in [-0.2, 0) is 11.2 Å². The molecule has 1 spiro atoms. The van der Waals surface area contributed by atoms with Crippen molar-refractivity contribution in [2.45, 2.75) is 45.1 Å². The number of carbonyl (C=O) groups is 1. The van der Waals surface area contributed by atoms with Gasteiger partial charge in [-0.3, -0.25) is 4.79 Å². The van der Waals surface area contributed by atoms with Crippen LogP contribution in [0.5, 0.6) is 0 Å². The highest BCUT2D eigenvalue weighted by molar-refractivity contribution is 7.07. The van der Waals surface area contributed by atoms with Gasteiger partial charge in [0.05, 0.1) is 6.10 Å². The summed E-state index contributed by atoms with van der Waals surface area (Å²) in [5.41, 5.74) is 1.20. The van der Waals surface area contributed by atoms with E-state index in [2.05, 4.69) is 26.5 Å². The molecule has 0 aliphatic carbocycles. The number of hydrogen-bond acceptors (Lipinski definition) is 7. The summed E-state index contributed by atoms with van der Waals surface area (Å²) in [5, 5.41) is 18.6. The molecule has 1 unspecified atom stereocenters. The zero-order valence-electron chi connectivity index (χ0n) is 15.6. The minimum absolute atomic E-state index is 0.00894. The van der Waals surface area contributed by atoms with Gasteiger partial charge in [0.1, 0.15) is 0 Å². The molecule has 0 bridgehead atoms. The second kappa shape index (κ2) is 7.59. The Kier molecular flexibility index (Phi) is 5.19. The van der Waals surface area contributed by atoms with Gasteiger partial charge in [-0.25, -0.2) is 0 Å². The number of piperidine rings is 2. The van der Waals surface area contributed by atoms with E-state index in [1.807, 2.05) is 10.3 Å². The van der Waals surface area contributed by atoms with Gasteiger partial charge in [0.25, 0.3) is 5.95 Å². The highest BCUT2D eigenvalue weighted by Gasteiger charge is 2.43. The summed E-state index contributed by atoms with van der Waals surface area (Å²) in [4.78, 5) is 21.1. The standard InChI is InChI=1S/C19H26N4O3S/c1-14-20-18(21-26-14)22-7-5-19(6-8-22)10-16(24)11-23(13-19)17(25)3-2-15-4-9-27-12-15/h4,9,12,16,24H,2-3,5-8,10-11,13H2,1H3. The molecular formula is C19H26N4O3S. The van der Waals surface area contributed by atoms with Crippen LogP contribution in [0, 0.1) is 12.3 Å². The van der Waals surface area contributed by atoms with Crippen molar-refractivity contribution >= 4 is 23.2 Å². The molecule has 2 saturated heterocycles. The van der Waals surface area contributed by atoms with Gasteiger partial charge in [-0.2, -0.15) is 16.3 Å². The summed E-state index contributed by atoms with van der Waals surface area (Å²) >= 11 is 1.66. The maximum atomic E-state index is 12.7.